The van der Waals surface area contributed by atoms with Gasteiger partial charge in [0.15, 0.2) is 5.17 Å². The number of thioether (sulfide) groups is 1. The first kappa shape index (κ1) is 20.7. The number of carbonyl (C=O) groups excluding carboxylic acids is 1. The van der Waals surface area contributed by atoms with Crippen molar-refractivity contribution in [1.82, 2.24) is 10.3 Å². The first-order valence-electron chi connectivity index (χ1n) is 10.6. The predicted molar refractivity (Wildman–Crippen MR) is 128 cm³/mol. The van der Waals surface area contributed by atoms with Gasteiger partial charge in [-0.05, 0) is 53.6 Å². The summed E-state index contributed by atoms with van der Waals surface area (Å²) >= 11 is 1.39. The van der Waals surface area contributed by atoms with Crippen molar-refractivity contribution in [1.29, 1.82) is 0 Å². The molecule has 1 N–H and O–H groups in total. The molecule has 32 heavy (non-hydrogen) atoms. The lowest BCUT2D eigenvalue weighted by Gasteiger charge is -2.09. The van der Waals surface area contributed by atoms with Gasteiger partial charge in [-0.3, -0.25) is 14.8 Å². The van der Waals surface area contributed by atoms with Crippen LogP contribution in [0.2, 0.25) is 0 Å². The fraction of sp³-hybridized carbons (Fsp3) is 0.240. The van der Waals surface area contributed by atoms with E-state index < -0.39 is 0 Å². The zero-order valence-electron chi connectivity index (χ0n) is 17.7. The third-order valence-corrected chi connectivity index (χ3v) is 6.41. The molecular weight excluding hydrogens is 422 g/mol. The molecule has 0 radical (unpaired) electrons. The summed E-state index contributed by atoms with van der Waals surface area (Å²) < 4.78 is 10.9. The molecule has 1 amide bonds. The Hall–Kier alpha value is -3.16. The number of pyridine rings is 1. The molecule has 3 aromatic rings. The molecule has 1 aromatic heterocycles. The molecule has 2 aliphatic rings. The van der Waals surface area contributed by atoms with E-state index in [9.17, 15) is 4.79 Å². The van der Waals surface area contributed by atoms with Crippen LogP contribution in [0.5, 0.6) is 5.75 Å². The van der Waals surface area contributed by atoms with Crippen molar-refractivity contribution in [2.45, 2.75) is 18.4 Å². The molecule has 7 heteroatoms. The summed E-state index contributed by atoms with van der Waals surface area (Å²) in [5.41, 5.74) is 3.06. The zero-order chi connectivity index (χ0) is 21.9. The maximum atomic E-state index is 12.5. The van der Waals surface area contributed by atoms with Gasteiger partial charge < -0.3 is 14.8 Å². The van der Waals surface area contributed by atoms with Crippen molar-refractivity contribution in [2.75, 3.05) is 20.3 Å². The minimum atomic E-state index is -0.117. The average Bonchev–Trinajstić information content (AvgIpc) is 3.50. The molecule has 1 saturated carbocycles. The van der Waals surface area contributed by atoms with Crippen LogP contribution in [0.4, 0.5) is 0 Å². The predicted octanol–water partition coefficient (Wildman–Crippen LogP) is 4.38. The SMILES string of the molecule is COCCOc1ccnc2ccc(/C=C3\SC(=N[C@H]4C[C@@H]4c4ccccc4)NC3=O)cc12. The van der Waals surface area contributed by atoms with Crippen molar-refractivity contribution in [3.63, 3.8) is 0 Å². The number of ether oxygens (including phenoxy) is 2. The molecule has 5 rings (SSSR count). The first-order chi connectivity index (χ1) is 15.7. The monoisotopic (exact) mass is 445 g/mol. The second-order valence-electron chi connectivity index (χ2n) is 7.75. The molecule has 2 heterocycles. The Morgan fingerprint density at radius 2 is 2.06 bits per heavy atom. The van der Waals surface area contributed by atoms with Crippen LogP contribution >= 0.6 is 11.8 Å². The standard InChI is InChI=1S/C25H23N3O3S/c1-30-11-12-31-22-9-10-26-20-8-7-16(13-19(20)22)14-23-24(29)28-25(32-23)27-21-15-18(21)17-5-3-2-4-6-17/h2-10,13-14,18,21H,11-12,15H2,1H3,(H,27,28,29)/b23-14-/t18-,21+/m1/s1. The van der Waals surface area contributed by atoms with Gasteiger partial charge in [0.1, 0.15) is 12.4 Å². The quantitative estimate of drug-likeness (QED) is 0.432. The van der Waals surface area contributed by atoms with E-state index in [-0.39, 0.29) is 11.9 Å². The van der Waals surface area contributed by atoms with Gasteiger partial charge in [0.2, 0.25) is 0 Å². The lowest BCUT2D eigenvalue weighted by molar-refractivity contribution is -0.115. The molecule has 6 nitrogen and oxygen atoms in total. The third kappa shape index (κ3) is 4.54. The van der Waals surface area contributed by atoms with Gasteiger partial charge in [0.25, 0.3) is 5.91 Å². The summed E-state index contributed by atoms with van der Waals surface area (Å²) in [6.07, 6.45) is 4.63. The van der Waals surface area contributed by atoms with Crippen molar-refractivity contribution in [2.24, 2.45) is 4.99 Å². The number of fused-ring (bicyclic) bond motifs is 1. The third-order valence-electron chi connectivity index (χ3n) is 5.49. The lowest BCUT2D eigenvalue weighted by atomic mass is 10.1. The summed E-state index contributed by atoms with van der Waals surface area (Å²) in [4.78, 5) is 22.3. The highest BCUT2D eigenvalue weighted by atomic mass is 32.2. The number of nitrogens with zero attached hydrogens (tertiary/aromatic N) is 2. The van der Waals surface area contributed by atoms with Crippen LogP contribution < -0.4 is 10.1 Å². The Balaban J connectivity index is 1.32. The second kappa shape index (κ2) is 9.14. The van der Waals surface area contributed by atoms with Gasteiger partial charge in [-0.15, -0.1) is 0 Å². The number of aliphatic imine (C=N–C) groups is 1. The molecule has 0 spiro atoms. The van der Waals surface area contributed by atoms with Crippen molar-refractivity contribution < 1.29 is 14.3 Å². The second-order valence-corrected chi connectivity index (χ2v) is 8.78. The summed E-state index contributed by atoms with van der Waals surface area (Å²) in [5.74, 6) is 1.08. The molecule has 2 aromatic carbocycles. The molecule has 2 fully saturated rings. The molecule has 0 bridgehead atoms. The van der Waals surface area contributed by atoms with Gasteiger partial charge >= 0.3 is 0 Å². The van der Waals surface area contributed by atoms with E-state index in [2.05, 4.69) is 34.6 Å². The molecule has 2 atom stereocenters. The number of hydrogen-bond donors (Lipinski definition) is 1. The summed E-state index contributed by atoms with van der Waals surface area (Å²) in [5, 5.41) is 4.48. The van der Waals surface area contributed by atoms with Gasteiger partial charge in [-0.25, -0.2) is 0 Å². The van der Waals surface area contributed by atoms with Crippen LogP contribution in [0.1, 0.15) is 23.5 Å². The first-order valence-corrected chi connectivity index (χ1v) is 11.4. The molecule has 162 valence electrons. The average molecular weight is 446 g/mol. The van der Waals surface area contributed by atoms with E-state index >= 15 is 0 Å². The van der Waals surface area contributed by atoms with Crippen molar-refractivity contribution in [3.05, 3.63) is 76.8 Å². The maximum absolute atomic E-state index is 12.5. The number of amides is 1. The Kier molecular flexibility index (Phi) is 5.92. The fourth-order valence-electron chi connectivity index (χ4n) is 3.76. The fourth-order valence-corrected chi connectivity index (χ4v) is 4.64. The van der Waals surface area contributed by atoms with Gasteiger partial charge in [0, 0.05) is 24.6 Å². The lowest BCUT2D eigenvalue weighted by Crippen LogP contribution is -2.20. The number of hydrogen-bond acceptors (Lipinski definition) is 6. The summed E-state index contributed by atoms with van der Waals surface area (Å²) in [7, 11) is 1.64. The molecule has 1 aliphatic carbocycles. The Labute approximate surface area is 190 Å². The van der Waals surface area contributed by atoms with Crippen LogP contribution in [0.3, 0.4) is 0 Å². The van der Waals surface area contributed by atoms with Crippen LogP contribution in [-0.4, -0.2) is 42.4 Å². The summed E-state index contributed by atoms with van der Waals surface area (Å²) in [6, 6.07) is 18.4. The maximum Gasteiger partial charge on any atom is 0.264 e. The Morgan fingerprint density at radius 1 is 1.19 bits per heavy atom. The Bertz CT molecular complexity index is 1210. The number of amidine groups is 1. The van der Waals surface area contributed by atoms with Crippen molar-refractivity contribution in [3.8, 4) is 5.75 Å². The van der Waals surface area contributed by atoms with E-state index in [0.29, 0.717) is 29.2 Å². The molecule has 1 aliphatic heterocycles. The number of methoxy groups -OCH3 is 1. The van der Waals surface area contributed by atoms with Gasteiger partial charge in [-0.2, -0.15) is 0 Å². The number of carbonyl (C=O) groups is 1. The highest BCUT2D eigenvalue weighted by Crippen LogP contribution is 2.44. The van der Waals surface area contributed by atoms with Gasteiger partial charge in [-0.1, -0.05) is 36.4 Å². The van der Waals surface area contributed by atoms with Crippen LogP contribution in [-0.2, 0) is 9.53 Å². The normalized spacial score (nSPS) is 22.5. The minimum Gasteiger partial charge on any atom is -0.490 e. The van der Waals surface area contributed by atoms with E-state index in [1.54, 1.807) is 13.3 Å². The number of benzene rings is 2. The van der Waals surface area contributed by atoms with Crippen molar-refractivity contribution >= 4 is 39.8 Å². The van der Waals surface area contributed by atoms with E-state index in [4.69, 9.17) is 14.5 Å². The molecule has 1 saturated heterocycles. The van der Waals surface area contributed by atoms with E-state index in [1.807, 2.05) is 36.4 Å². The van der Waals surface area contributed by atoms with E-state index in [1.165, 1.54) is 17.3 Å². The van der Waals surface area contributed by atoms with Crippen LogP contribution in [0.25, 0.3) is 17.0 Å². The highest BCUT2D eigenvalue weighted by molar-refractivity contribution is 8.18. The topological polar surface area (TPSA) is 72.8 Å². The highest BCUT2D eigenvalue weighted by Gasteiger charge is 2.39. The largest absolute Gasteiger partial charge is 0.490 e. The number of rotatable bonds is 7. The smallest absolute Gasteiger partial charge is 0.264 e. The Morgan fingerprint density at radius 3 is 2.91 bits per heavy atom. The number of aromatic nitrogens is 1. The molecule has 0 unspecified atom stereocenters. The minimum absolute atomic E-state index is 0.117. The molecular formula is C25H23N3O3S. The van der Waals surface area contributed by atoms with Crippen LogP contribution in [0.15, 0.2) is 70.7 Å². The van der Waals surface area contributed by atoms with Gasteiger partial charge in [0.05, 0.1) is 23.1 Å². The summed E-state index contributed by atoms with van der Waals surface area (Å²) in [6.45, 7) is 0.975. The zero-order valence-corrected chi connectivity index (χ0v) is 18.5. The number of nitrogens with one attached hydrogen (secondary N) is 1. The van der Waals surface area contributed by atoms with Crippen LogP contribution in [0, 0.1) is 0 Å². The van der Waals surface area contributed by atoms with E-state index in [0.717, 1.165) is 28.6 Å².